The monoisotopic (exact) mass is 383 g/mol. The molecule has 1 saturated heterocycles. The molecule has 8 heteroatoms. The van der Waals surface area contributed by atoms with Crippen LogP contribution < -0.4 is 9.64 Å². The Kier molecular flexibility index (Phi) is 5.17. The average molecular weight is 383 g/mol. The maximum absolute atomic E-state index is 5.64. The minimum Gasteiger partial charge on any atom is -0.497 e. The summed E-state index contributed by atoms with van der Waals surface area (Å²) < 4.78 is 12.6. The van der Waals surface area contributed by atoms with Crippen molar-refractivity contribution in [1.29, 1.82) is 0 Å². The number of rotatable bonds is 5. The van der Waals surface area contributed by atoms with Crippen molar-refractivity contribution in [3.8, 4) is 17.2 Å². The van der Waals surface area contributed by atoms with Gasteiger partial charge in [-0.1, -0.05) is 0 Å². The molecule has 3 aromatic rings. The molecule has 4 rings (SSSR count). The van der Waals surface area contributed by atoms with Crippen LogP contribution in [-0.4, -0.2) is 53.0 Å². The van der Waals surface area contributed by atoms with E-state index < -0.39 is 0 Å². The maximum atomic E-state index is 5.64. The molecule has 0 bridgehead atoms. The number of hydrogen-bond acceptors (Lipinski definition) is 7. The second-order valence-corrected chi connectivity index (χ2v) is 6.70. The van der Waals surface area contributed by atoms with Gasteiger partial charge in [-0.25, -0.2) is 4.68 Å². The summed E-state index contributed by atoms with van der Waals surface area (Å²) in [4.78, 5) is 9.11. The third kappa shape index (κ3) is 4.01. The van der Waals surface area contributed by atoms with Crippen molar-refractivity contribution < 1.29 is 9.15 Å². The lowest BCUT2D eigenvalue weighted by Crippen LogP contribution is -2.46. The summed E-state index contributed by atoms with van der Waals surface area (Å²) in [6.07, 6.45) is 3.43. The zero-order valence-corrected chi connectivity index (χ0v) is 15.9. The van der Waals surface area contributed by atoms with E-state index in [1.54, 1.807) is 24.2 Å². The van der Waals surface area contributed by atoms with Crippen LogP contribution in [0.5, 0.6) is 5.75 Å². The molecule has 27 heavy (non-hydrogen) atoms. The maximum Gasteiger partial charge on any atom is 0.288 e. The first-order valence-corrected chi connectivity index (χ1v) is 9.23. The molecule has 1 aliphatic rings. The van der Waals surface area contributed by atoms with E-state index >= 15 is 0 Å². The molecule has 0 radical (unpaired) electrons. The number of ether oxygens (including phenoxy) is 1. The third-order valence-electron chi connectivity index (χ3n) is 4.68. The molecule has 7 nitrogen and oxygen atoms in total. The Morgan fingerprint density at radius 2 is 1.74 bits per heavy atom. The Morgan fingerprint density at radius 3 is 2.41 bits per heavy atom. The molecule has 0 N–H and O–H groups in total. The number of aromatic nitrogens is 3. The van der Waals surface area contributed by atoms with Crippen molar-refractivity contribution >= 4 is 17.9 Å². The minimum absolute atomic E-state index is 0.388. The van der Waals surface area contributed by atoms with E-state index in [1.807, 2.05) is 24.3 Å². The Labute approximate surface area is 162 Å². The van der Waals surface area contributed by atoms with Gasteiger partial charge in [-0.3, -0.25) is 9.88 Å². The van der Waals surface area contributed by atoms with E-state index in [1.165, 1.54) is 5.69 Å². The molecule has 0 aliphatic carbocycles. The highest BCUT2D eigenvalue weighted by Gasteiger charge is 2.19. The Balaban J connectivity index is 1.38. The van der Waals surface area contributed by atoms with Gasteiger partial charge in [0.25, 0.3) is 4.84 Å². The number of piperazine rings is 1. The highest BCUT2D eigenvalue weighted by atomic mass is 32.1. The summed E-state index contributed by atoms with van der Waals surface area (Å²) >= 11 is 5.33. The molecule has 0 spiro atoms. The lowest BCUT2D eigenvalue weighted by molar-refractivity contribution is 0.192. The van der Waals surface area contributed by atoms with Crippen LogP contribution in [0.2, 0.25) is 0 Å². The first-order valence-electron chi connectivity index (χ1n) is 8.82. The quantitative estimate of drug-likeness (QED) is 0.628. The predicted octanol–water partition coefficient (Wildman–Crippen LogP) is 3.06. The van der Waals surface area contributed by atoms with Gasteiger partial charge in [-0.05, 0) is 48.6 Å². The van der Waals surface area contributed by atoms with Gasteiger partial charge < -0.3 is 14.1 Å². The predicted molar refractivity (Wildman–Crippen MR) is 105 cm³/mol. The number of hydrogen-bond donors (Lipinski definition) is 0. The topological polar surface area (TPSA) is 59.6 Å². The van der Waals surface area contributed by atoms with Gasteiger partial charge >= 0.3 is 0 Å². The van der Waals surface area contributed by atoms with Gasteiger partial charge in [0, 0.05) is 49.8 Å². The van der Waals surface area contributed by atoms with Crippen molar-refractivity contribution in [1.82, 2.24) is 19.7 Å². The van der Waals surface area contributed by atoms with Crippen molar-refractivity contribution in [2.45, 2.75) is 6.67 Å². The normalized spacial score (nSPS) is 15.1. The number of pyridine rings is 1. The number of benzene rings is 1. The first-order chi connectivity index (χ1) is 13.2. The third-order valence-corrected chi connectivity index (χ3v) is 4.97. The average Bonchev–Trinajstić information content (AvgIpc) is 3.10. The van der Waals surface area contributed by atoms with Gasteiger partial charge in [0.2, 0.25) is 5.89 Å². The summed E-state index contributed by atoms with van der Waals surface area (Å²) in [5, 5.41) is 4.52. The molecular formula is C19H21N5O2S. The van der Waals surface area contributed by atoms with Crippen molar-refractivity contribution in [3.63, 3.8) is 0 Å². The molecule has 0 saturated carbocycles. The summed E-state index contributed by atoms with van der Waals surface area (Å²) in [6, 6.07) is 11.9. The van der Waals surface area contributed by atoms with Gasteiger partial charge in [0.1, 0.15) is 5.75 Å². The summed E-state index contributed by atoms with van der Waals surface area (Å²) in [5.41, 5.74) is 2.09. The van der Waals surface area contributed by atoms with Crippen LogP contribution in [0.1, 0.15) is 0 Å². The number of anilines is 1. The Morgan fingerprint density at radius 1 is 1.04 bits per heavy atom. The lowest BCUT2D eigenvalue weighted by Gasteiger charge is -2.35. The molecule has 140 valence electrons. The highest BCUT2D eigenvalue weighted by molar-refractivity contribution is 7.71. The van der Waals surface area contributed by atoms with E-state index in [-0.39, 0.29) is 0 Å². The van der Waals surface area contributed by atoms with Crippen LogP contribution in [0.15, 0.2) is 53.2 Å². The standard InChI is InChI=1S/C19H21N5O2S/c1-25-17-4-2-16(3-5-17)23-12-10-22(11-13-23)14-24-19(27)26-18(21-24)15-6-8-20-9-7-15/h2-9H,10-14H2,1H3. The molecule has 3 heterocycles. The fraction of sp³-hybridized carbons (Fsp3) is 0.316. The molecule has 0 unspecified atom stereocenters. The second kappa shape index (κ2) is 7.89. The summed E-state index contributed by atoms with van der Waals surface area (Å²) in [5.74, 6) is 1.40. The van der Waals surface area contributed by atoms with Gasteiger partial charge in [0.05, 0.1) is 13.8 Å². The number of nitrogens with zero attached hydrogens (tertiary/aromatic N) is 5. The van der Waals surface area contributed by atoms with Crippen LogP contribution in [0.25, 0.3) is 11.5 Å². The molecule has 2 aromatic heterocycles. The van der Waals surface area contributed by atoms with E-state index in [2.05, 4.69) is 32.0 Å². The Hall–Kier alpha value is -2.71. The lowest BCUT2D eigenvalue weighted by atomic mass is 10.2. The summed E-state index contributed by atoms with van der Waals surface area (Å²) in [7, 11) is 1.68. The van der Waals surface area contributed by atoms with Crippen LogP contribution >= 0.6 is 12.2 Å². The van der Waals surface area contributed by atoms with Crippen LogP contribution in [0, 0.1) is 4.84 Å². The van der Waals surface area contributed by atoms with Crippen molar-refractivity contribution in [2.75, 3.05) is 38.2 Å². The van der Waals surface area contributed by atoms with Gasteiger partial charge in [0.15, 0.2) is 0 Å². The fourth-order valence-corrected chi connectivity index (χ4v) is 3.31. The largest absolute Gasteiger partial charge is 0.497 e. The number of methoxy groups -OCH3 is 1. The van der Waals surface area contributed by atoms with Crippen LogP contribution in [-0.2, 0) is 6.67 Å². The molecule has 1 aliphatic heterocycles. The van der Waals surface area contributed by atoms with E-state index in [4.69, 9.17) is 21.4 Å². The van der Waals surface area contributed by atoms with Gasteiger partial charge in [-0.2, -0.15) is 0 Å². The van der Waals surface area contributed by atoms with E-state index in [0.717, 1.165) is 37.5 Å². The first kappa shape index (κ1) is 17.7. The van der Waals surface area contributed by atoms with Crippen LogP contribution in [0.3, 0.4) is 0 Å². The minimum atomic E-state index is 0.388. The molecule has 0 amide bonds. The van der Waals surface area contributed by atoms with E-state index in [0.29, 0.717) is 17.4 Å². The molecule has 1 aromatic carbocycles. The smallest absolute Gasteiger partial charge is 0.288 e. The Bertz CT molecular complexity index is 931. The van der Waals surface area contributed by atoms with Crippen molar-refractivity contribution in [2.24, 2.45) is 0 Å². The van der Waals surface area contributed by atoms with E-state index in [9.17, 15) is 0 Å². The van der Waals surface area contributed by atoms with Gasteiger partial charge in [-0.15, -0.1) is 5.10 Å². The highest BCUT2D eigenvalue weighted by Crippen LogP contribution is 2.21. The second-order valence-electron chi connectivity index (χ2n) is 6.35. The summed E-state index contributed by atoms with van der Waals surface area (Å²) in [6.45, 7) is 4.41. The molecule has 1 fully saturated rings. The van der Waals surface area contributed by atoms with Crippen molar-refractivity contribution in [3.05, 3.63) is 53.6 Å². The fourth-order valence-electron chi connectivity index (χ4n) is 3.14. The molecular weight excluding hydrogens is 362 g/mol. The molecule has 0 atom stereocenters. The SMILES string of the molecule is COc1ccc(N2CCN(Cn3nc(-c4ccncc4)oc3=S)CC2)cc1. The zero-order valence-electron chi connectivity index (χ0n) is 15.1. The van der Waals surface area contributed by atoms with Crippen LogP contribution in [0.4, 0.5) is 5.69 Å². The zero-order chi connectivity index (χ0) is 18.6.